The molecule has 1 heterocycles. The number of rotatable bonds is 1. The quantitative estimate of drug-likeness (QED) is 0.541. The predicted molar refractivity (Wildman–Crippen MR) is 91.9 cm³/mol. The van der Waals surface area contributed by atoms with Crippen molar-refractivity contribution in [1.29, 1.82) is 0 Å². The normalized spacial score (nSPS) is 11.5. The van der Waals surface area contributed by atoms with E-state index in [4.69, 9.17) is 16.3 Å². The molecule has 0 fully saturated rings. The summed E-state index contributed by atoms with van der Waals surface area (Å²) in [5.74, 6) is 0. The van der Waals surface area contributed by atoms with Crippen LogP contribution in [-0.4, -0.2) is 16.3 Å². The van der Waals surface area contributed by atoms with Gasteiger partial charge >= 0.3 is 6.09 Å². The Bertz CT molecular complexity index is 669. The van der Waals surface area contributed by atoms with Crippen molar-refractivity contribution in [2.24, 2.45) is 0 Å². The highest BCUT2D eigenvalue weighted by Gasteiger charge is 2.22. The molecular weight excluding hydrogens is 421 g/mol. The number of carbonyl (C=O) groups excluding carboxylic acids is 1. The van der Waals surface area contributed by atoms with Crippen LogP contribution in [-0.2, 0) is 4.74 Å². The Morgan fingerprint density at radius 2 is 1.95 bits per heavy atom. The van der Waals surface area contributed by atoms with Gasteiger partial charge in [0.05, 0.1) is 10.7 Å². The number of ether oxygens (including phenoxy) is 1. The average molecular weight is 436 g/mol. The van der Waals surface area contributed by atoms with E-state index in [0.717, 1.165) is 14.5 Å². The molecule has 0 saturated heterocycles. The molecular formula is C15H14Br2ClNO2. The van der Waals surface area contributed by atoms with Gasteiger partial charge in [0, 0.05) is 20.7 Å². The Morgan fingerprint density at radius 3 is 2.52 bits per heavy atom. The number of hydrogen-bond acceptors (Lipinski definition) is 2. The van der Waals surface area contributed by atoms with Crippen LogP contribution in [0.15, 0.2) is 39.4 Å². The summed E-state index contributed by atoms with van der Waals surface area (Å²) in [5, 5.41) is 0.555. The van der Waals surface area contributed by atoms with E-state index in [1.54, 1.807) is 12.3 Å². The summed E-state index contributed by atoms with van der Waals surface area (Å²) in [6, 6.07) is 7.32. The highest BCUT2D eigenvalue weighted by atomic mass is 79.9. The van der Waals surface area contributed by atoms with Gasteiger partial charge in [0.15, 0.2) is 0 Å². The first-order chi connectivity index (χ1) is 9.69. The van der Waals surface area contributed by atoms with Crippen molar-refractivity contribution in [1.82, 2.24) is 4.57 Å². The van der Waals surface area contributed by atoms with Crippen LogP contribution in [0.4, 0.5) is 4.79 Å². The molecule has 1 aromatic carbocycles. The van der Waals surface area contributed by atoms with Crippen LogP contribution in [0.5, 0.6) is 0 Å². The van der Waals surface area contributed by atoms with E-state index in [2.05, 4.69) is 31.9 Å². The fourth-order valence-corrected chi connectivity index (χ4v) is 3.20. The van der Waals surface area contributed by atoms with Gasteiger partial charge in [-0.05, 0) is 54.9 Å². The topological polar surface area (TPSA) is 31.2 Å². The van der Waals surface area contributed by atoms with E-state index in [-0.39, 0.29) is 0 Å². The summed E-state index contributed by atoms with van der Waals surface area (Å²) < 4.78 is 8.45. The fourth-order valence-electron chi connectivity index (χ4n) is 1.83. The van der Waals surface area contributed by atoms with Gasteiger partial charge in [-0.25, -0.2) is 4.79 Å². The number of carbonyl (C=O) groups is 1. The second kappa shape index (κ2) is 6.15. The van der Waals surface area contributed by atoms with Gasteiger partial charge in [0.2, 0.25) is 0 Å². The molecule has 112 valence electrons. The minimum atomic E-state index is -0.567. The number of hydrogen-bond donors (Lipinski definition) is 0. The van der Waals surface area contributed by atoms with Crippen LogP contribution in [0.3, 0.4) is 0 Å². The smallest absolute Gasteiger partial charge is 0.419 e. The van der Waals surface area contributed by atoms with Crippen molar-refractivity contribution in [2.75, 3.05) is 0 Å². The summed E-state index contributed by atoms with van der Waals surface area (Å²) in [6.07, 6.45) is 1.22. The first kappa shape index (κ1) is 16.6. The highest BCUT2D eigenvalue weighted by Crippen LogP contribution is 2.37. The van der Waals surface area contributed by atoms with E-state index >= 15 is 0 Å². The van der Waals surface area contributed by atoms with Crippen molar-refractivity contribution in [3.63, 3.8) is 0 Å². The molecule has 0 atom stereocenters. The lowest BCUT2D eigenvalue weighted by molar-refractivity contribution is 0.0540. The van der Waals surface area contributed by atoms with Crippen molar-refractivity contribution in [3.8, 4) is 11.3 Å². The number of halogens is 3. The molecule has 0 unspecified atom stereocenters. The van der Waals surface area contributed by atoms with Crippen LogP contribution >= 0.6 is 43.5 Å². The minimum Gasteiger partial charge on any atom is -0.443 e. The molecule has 2 aromatic rings. The van der Waals surface area contributed by atoms with Crippen LogP contribution in [0.2, 0.25) is 5.02 Å². The van der Waals surface area contributed by atoms with Gasteiger partial charge in [-0.1, -0.05) is 33.6 Å². The number of benzene rings is 1. The Labute approximate surface area is 145 Å². The summed E-state index contributed by atoms with van der Waals surface area (Å²) in [5.41, 5.74) is 0.840. The molecule has 0 aliphatic carbocycles. The number of aromatic nitrogens is 1. The summed E-state index contributed by atoms with van der Waals surface area (Å²) >= 11 is 13.1. The fraction of sp³-hybridized carbons (Fsp3) is 0.267. The van der Waals surface area contributed by atoms with Gasteiger partial charge in [-0.15, -0.1) is 0 Å². The molecule has 0 bridgehead atoms. The molecule has 6 heteroatoms. The summed E-state index contributed by atoms with van der Waals surface area (Å²) in [6.45, 7) is 5.48. The monoisotopic (exact) mass is 433 g/mol. The average Bonchev–Trinajstić information content (AvgIpc) is 2.69. The zero-order chi connectivity index (χ0) is 15.8. The molecule has 0 aliphatic heterocycles. The third-order valence-electron chi connectivity index (χ3n) is 2.60. The maximum Gasteiger partial charge on any atom is 0.419 e. The lowest BCUT2D eigenvalue weighted by Gasteiger charge is -2.20. The zero-order valence-electron chi connectivity index (χ0n) is 11.8. The molecule has 0 saturated carbocycles. The molecule has 0 aliphatic rings. The highest BCUT2D eigenvalue weighted by molar-refractivity contribution is 9.10. The van der Waals surface area contributed by atoms with E-state index in [1.165, 1.54) is 4.57 Å². The second-order valence-corrected chi connectivity index (χ2v) is 7.67. The lowest BCUT2D eigenvalue weighted by Crippen LogP contribution is -2.27. The summed E-state index contributed by atoms with van der Waals surface area (Å²) in [4.78, 5) is 12.4. The predicted octanol–water partition coefficient (Wildman–Crippen LogP) is 6.12. The van der Waals surface area contributed by atoms with Gasteiger partial charge in [-0.3, -0.25) is 4.57 Å². The maximum atomic E-state index is 12.4. The van der Waals surface area contributed by atoms with Crippen LogP contribution in [0.1, 0.15) is 20.8 Å². The first-order valence-electron chi connectivity index (χ1n) is 6.24. The Hall–Kier alpha value is -0.780. The minimum absolute atomic E-state index is 0.449. The lowest BCUT2D eigenvalue weighted by atomic mass is 10.1. The molecule has 0 amide bonds. The van der Waals surface area contributed by atoms with Crippen molar-refractivity contribution in [2.45, 2.75) is 26.4 Å². The zero-order valence-corrected chi connectivity index (χ0v) is 15.7. The van der Waals surface area contributed by atoms with Gasteiger partial charge in [0.25, 0.3) is 0 Å². The van der Waals surface area contributed by atoms with Gasteiger partial charge in [0.1, 0.15) is 5.60 Å². The van der Waals surface area contributed by atoms with Crippen LogP contribution < -0.4 is 0 Å². The van der Waals surface area contributed by atoms with Crippen molar-refractivity contribution in [3.05, 3.63) is 44.4 Å². The summed E-state index contributed by atoms with van der Waals surface area (Å²) in [7, 11) is 0. The molecule has 2 rings (SSSR count). The SMILES string of the molecule is CC(C)(C)OC(=O)n1cc(Br)cc1-c1c(Cl)cccc1Br. The van der Waals surface area contributed by atoms with Crippen molar-refractivity contribution >= 4 is 49.6 Å². The van der Waals surface area contributed by atoms with Crippen LogP contribution in [0.25, 0.3) is 11.3 Å². The largest absolute Gasteiger partial charge is 0.443 e. The van der Waals surface area contributed by atoms with Gasteiger partial charge < -0.3 is 4.74 Å². The standard InChI is InChI=1S/C15H14Br2ClNO2/c1-15(2,3)21-14(20)19-8-9(16)7-12(19)13-10(17)5-4-6-11(13)18/h4-8H,1-3H3. The first-order valence-corrected chi connectivity index (χ1v) is 8.21. The Kier molecular flexibility index (Phi) is 4.85. The molecule has 21 heavy (non-hydrogen) atoms. The molecule has 1 aromatic heterocycles. The third-order valence-corrected chi connectivity index (χ3v) is 4.01. The second-order valence-electron chi connectivity index (χ2n) is 5.49. The van der Waals surface area contributed by atoms with E-state index in [0.29, 0.717) is 10.7 Å². The van der Waals surface area contributed by atoms with Crippen molar-refractivity contribution < 1.29 is 9.53 Å². The molecule has 0 spiro atoms. The van der Waals surface area contributed by atoms with E-state index in [1.807, 2.05) is 39.0 Å². The molecule has 0 N–H and O–H groups in total. The molecule has 0 radical (unpaired) electrons. The molecule has 3 nitrogen and oxygen atoms in total. The van der Waals surface area contributed by atoms with Gasteiger partial charge in [-0.2, -0.15) is 0 Å². The van der Waals surface area contributed by atoms with E-state index < -0.39 is 11.7 Å². The Balaban J connectivity index is 2.54. The van der Waals surface area contributed by atoms with E-state index in [9.17, 15) is 4.79 Å². The Morgan fingerprint density at radius 1 is 1.29 bits per heavy atom. The third kappa shape index (κ3) is 3.90. The number of nitrogens with zero attached hydrogens (tertiary/aromatic N) is 1. The maximum absolute atomic E-state index is 12.4. The van der Waals surface area contributed by atoms with Crippen LogP contribution in [0, 0.1) is 0 Å².